The van der Waals surface area contributed by atoms with E-state index >= 15 is 23.6 Å². The molecule has 98 heavy (non-hydrogen) atoms. The highest BCUT2D eigenvalue weighted by molar-refractivity contribution is 14.1. The maximum absolute atomic E-state index is 16.0. The summed E-state index contributed by atoms with van der Waals surface area (Å²) >= 11 is 2.40. The van der Waals surface area contributed by atoms with Crippen molar-refractivity contribution in [1.29, 1.82) is 0 Å². The Labute approximate surface area is 597 Å². The van der Waals surface area contributed by atoms with Crippen molar-refractivity contribution in [3.63, 3.8) is 0 Å². The molecule has 0 aromatic heterocycles. The van der Waals surface area contributed by atoms with E-state index in [-0.39, 0.29) is 62.2 Å². The molecule has 0 radical (unpaired) electrons. The Bertz CT molecular complexity index is 2760. The average molecular weight is 1490 g/mol. The highest BCUT2D eigenvalue weighted by atomic mass is 127. The second-order valence-electron chi connectivity index (χ2n) is 31.1. The van der Waals surface area contributed by atoms with Gasteiger partial charge in [-0.3, -0.25) is 57.5 Å². The summed E-state index contributed by atoms with van der Waals surface area (Å²) in [5.41, 5.74) is -1.75. The van der Waals surface area contributed by atoms with Gasteiger partial charge in [-0.25, -0.2) is 4.39 Å². The lowest BCUT2D eigenvalue weighted by atomic mass is 9.79. The Kier molecular flexibility index (Phi) is 32.5. The van der Waals surface area contributed by atoms with E-state index in [1.807, 2.05) is 34.6 Å². The van der Waals surface area contributed by atoms with Crippen LogP contribution in [0.5, 0.6) is 0 Å². The Morgan fingerprint density at radius 1 is 0.551 bits per heavy atom. The van der Waals surface area contributed by atoms with Crippen LogP contribution in [0.25, 0.3) is 0 Å². The fourth-order valence-corrected chi connectivity index (χ4v) is 15.8. The van der Waals surface area contributed by atoms with E-state index in [0.29, 0.717) is 61.5 Å². The number of hydrogen-bond acceptors (Lipinski definition) is 12. The molecule has 2 saturated heterocycles. The molecule has 0 spiro atoms. The summed E-state index contributed by atoms with van der Waals surface area (Å²) < 4.78 is 16.3. The molecule has 4 N–H and O–H groups in total. The highest BCUT2D eigenvalue weighted by Crippen LogP contribution is 2.35. The molecular weight excluding hydrogens is 1370 g/mol. The lowest BCUT2D eigenvalue weighted by Crippen LogP contribution is -2.64. The number of alkyl halides is 2. The normalized spacial score (nSPS) is 30.9. The predicted octanol–water partition coefficient (Wildman–Crippen LogP) is 6.09. The van der Waals surface area contributed by atoms with Crippen molar-refractivity contribution in [2.75, 3.05) is 82.1 Å². The van der Waals surface area contributed by atoms with E-state index in [2.05, 4.69) is 50.8 Å². The highest BCUT2D eigenvalue weighted by Gasteiger charge is 2.46. The van der Waals surface area contributed by atoms with E-state index in [1.165, 1.54) is 97.5 Å². The van der Waals surface area contributed by atoms with Crippen LogP contribution in [-0.4, -0.2) is 250 Å². The van der Waals surface area contributed by atoms with E-state index in [4.69, 9.17) is 0 Å². The minimum Gasteiger partial charge on any atom is -0.343 e. The molecule has 3 aliphatic carbocycles. The minimum absolute atomic E-state index is 0.0139. The zero-order valence-electron chi connectivity index (χ0n) is 62.1. The van der Waals surface area contributed by atoms with Gasteiger partial charge >= 0.3 is 0 Å². The fraction of sp³-hybridized carbons (Fsp3) is 0.833. The standard InChI is InChI=1S/C72H122FIN12O12/c1-17-47(7)63-70(97)81(12)42-61(89)79(10)43-62(90)83(14)57(38-48-30-28-46(6)29-31-48)68(95)80(11)41-59(87)75-53(37-49-24-23-26-51(74)36-49)64(91)76-55(39-50-25-19-20-27-52(50)73)67(94)85(16)72(8,9)71(98)77-54(34-44(2)3)66(93)84(15)58(69(96)86-32-21-18-22-33-86)40-60(88)82(13)56(35-45(4)5)65(92)78-63/h44-58,63H,17-43H2,1-16H3,(H,75,87)(H,76,91)(H,77,98)(H,78,92)/t46?,47-,48?,49?,50?,51?,52?,53-,54-,55-,56-,57-,58-,63-/m0/s1. The smallest absolute Gasteiger partial charge is 0.246 e. The first kappa shape index (κ1) is 83.0. The number of likely N-dealkylation sites (tertiary alicyclic amines) is 1. The van der Waals surface area contributed by atoms with Gasteiger partial charge in [-0.1, -0.05) is 129 Å². The number of nitrogens with one attached hydrogen (secondary N) is 4. The number of likely N-dealkylation sites (N-methyl/N-ethyl adjacent to an activating group) is 7. The monoisotopic (exact) mass is 1490 g/mol. The van der Waals surface area contributed by atoms with E-state index in [0.717, 1.165) is 57.8 Å². The summed E-state index contributed by atoms with van der Waals surface area (Å²) in [6.45, 7) is 15.5. The molecule has 556 valence electrons. The first-order chi connectivity index (χ1) is 46.0. The summed E-state index contributed by atoms with van der Waals surface area (Å²) in [6.07, 6.45) is 10.3. The van der Waals surface area contributed by atoms with Crippen LogP contribution in [0.4, 0.5) is 4.39 Å². The van der Waals surface area contributed by atoms with Gasteiger partial charge in [0.1, 0.15) is 54.0 Å². The van der Waals surface area contributed by atoms with Gasteiger partial charge in [0.2, 0.25) is 70.9 Å². The van der Waals surface area contributed by atoms with Gasteiger partial charge in [-0.05, 0) is 132 Å². The van der Waals surface area contributed by atoms with Crippen LogP contribution >= 0.6 is 22.6 Å². The molecule has 12 atom stereocenters. The zero-order chi connectivity index (χ0) is 73.2. The number of nitrogens with zero attached hydrogens (tertiary/aromatic N) is 8. The molecule has 0 aromatic rings. The number of hydrogen-bond donors (Lipinski definition) is 4. The van der Waals surface area contributed by atoms with Crippen molar-refractivity contribution in [3.05, 3.63) is 0 Å². The molecule has 5 fully saturated rings. The van der Waals surface area contributed by atoms with Crippen molar-refractivity contribution >= 4 is 93.5 Å². The van der Waals surface area contributed by atoms with Crippen molar-refractivity contribution in [3.8, 4) is 0 Å². The molecule has 0 bridgehead atoms. The van der Waals surface area contributed by atoms with Crippen LogP contribution in [0.1, 0.15) is 204 Å². The molecule has 2 heterocycles. The number of amides is 12. The zero-order valence-corrected chi connectivity index (χ0v) is 64.2. The molecule has 0 aromatic carbocycles. The van der Waals surface area contributed by atoms with Gasteiger partial charge < -0.3 is 60.5 Å². The third-order valence-electron chi connectivity index (χ3n) is 21.9. The largest absolute Gasteiger partial charge is 0.343 e. The summed E-state index contributed by atoms with van der Waals surface area (Å²) in [4.78, 5) is 188. The van der Waals surface area contributed by atoms with Crippen LogP contribution in [0.2, 0.25) is 0 Å². The van der Waals surface area contributed by atoms with E-state index in [9.17, 15) is 38.4 Å². The lowest BCUT2D eigenvalue weighted by Gasteiger charge is -2.40. The molecule has 5 aliphatic rings. The van der Waals surface area contributed by atoms with Gasteiger partial charge in [-0.2, -0.15) is 0 Å². The second kappa shape index (κ2) is 38.4. The first-order valence-corrected chi connectivity index (χ1v) is 37.8. The molecule has 12 amide bonds. The van der Waals surface area contributed by atoms with E-state index < -0.39 is 163 Å². The van der Waals surface area contributed by atoms with Crippen LogP contribution in [0.15, 0.2) is 0 Å². The SMILES string of the molecule is CC[C@H](C)[C@@H]1NC(=O)[C@H](CC(C)C)N(C)C(=O)C[C@@H](C(=O)N2CCCCC2)N(C)C(=O)[C@H](CC(C)C)NC(=O)C(C)(C)N(C)C(=O)[C@H](CC2CCCCC2F)NC(=O)[C@H](CC2CCCC(I)C2)NC(=O)CN(C)C(=O)[C@H](CC2CCC(C)CC2)N(C)C(=O)CN(C)C(=O)CN(C)C1=O. The summed E-state index contributed by atoms with van der Waals surface area (Å²) in [5, 5.41) is 11.7. The number of piperidine rings is 1. The van der Waals surface area contributed by atoms with Crippen molar-refractivity contribution < 1.29 is 61.9 Å². The molecule has 2 aliphatic heterocycles. The fourth-order valence-electron chi connectivity index (χ4n) is 14.6. The van der Waals surface area contributed by atoms with Crippen molar-refractivity contribution in [2.45, 2.75) is 261 Å². The van der Waals surface area contributed by atoms with Crippen molar-refractivity contribution in [2.24, 2.45) is 41.4 Å². The molecule has 3 saturated carbocycles. The molecule has 4 unspecified atom stereocenters. The maximum Gasteiger partial charge on any atom is 0.246 e. The number of carbonyl (C=O) groups excluding carboxylic acids is 12. The Morgan fingerprint density at radius 3 is 1.76 bits per heavy atom. The first-order valence-electron chi connectivity index (χ1n) is 36.5. The summed E-state index contributed by atoms with van der Waals surface area (Å²) in [5.74, 6) is -8.68. The topological polar surface area (TPSA) is 279 Å². The van der Waals surface area contributed by atoms with Crippen LogP contribution in [0.3, 0.4) is 0 Å². The number of carbonyl (C=O) groups is 12. The average Bonchev–Trinajstić information content (AvgIpc) is 0.807. The predicted molar refractivity (Wildman–Crippen MR) is 382 cm³/mol. The molecular formula is C72H122FIN12O12. The van der Waals surface area contributed by atoms with Crippen LogP contribution in [-0.2, 0) is 57.5 Å². The van der Waals surface area contributed by atoms with Crippen LogP contribution < -0.4 is 21.3 Å². The molecule has 26 heteroatoms. The molecule has 24 nitrogen and oxygen atoms in total. The molecule has 5 rings (SSSR count). The van der Waals surface area contributed by atoms with Gasteiger partial charge in [0, 0.05) is 66.3 Å². The Balaban J connectivity index is 1.62. The minimum atomic E-state index is -1.75. The van der Waals surface area contributed by atoms with Gasteiger partial charge in [0.25, 0.3) is 0 Å². The third-order valence-corrected chi connectivity index (χ3v) is 23.0. The second-order valence-corrected chi connectivity index (χ2v) is 32.8. The van der Waals surface area contributed by atoms with Crippen molar-refractivity contribution in [1.82, 2.24) is 60.5 Å². The van der Waals surface area contributed by atoms with Gasteiger partial charge in [0.15, 0.2) is 0 Å². The quantitative estimate of drug-likeness (QED) is 0.120. The van der Waals surface area contributed by atoms with Gasteiger partial charge in [0.05, 0.1) is 26.1 Å². The Morgan fingerprint density at radius 2 is 1.15 bits per heavy atom. The number of halogens is 2. The van der Waals surface area contributed by atoms with Gasteiger partial charge in [-0.15, -0.1) is 0 Å². The lowest BCUT2D eigenvalue weighted by molar-refractivity contribution is -0.152. The third kappa shape index (κ3) is 23.4. The Hall–Kier alpha value is -5.70. The van der Waals surface area contributed by atoms with Crippen LogP contribution in [0, 0.1) is 41.4 Å². The summed E-state index contributed by atoms with van der Waals surface area (Å²) in [7, 11) is 10.0. The summed E-state index contributed by atoms with van der Waals surface area (Å²) in [6, 6.07) is -8.75. The van der Waals surface area contributed by atoms with E-state index in [1.54, 1.807) is 11.8 Å². The maximum atomic E-state index is 16.0. The number of rotatable bonds is 13.